The molecule has 3 N–H and O–H groups in total. The van der Waals surface area contributed by atoms with Crippen LogP contribution in [0.5, 0.6) is 11.5 Å². The maximum Gasteiger partial charge on any atom is 0.194 e. The van der Waals surface area contributed by atoms with E-state index in [1.165, 1.54) is 12.1 Å². The molecule has 1 aromatic carbocycles. The third-order valence-electron chi connectivity index (χ3n) is 3.07. The van der Waals surface area contributed by atoms with E-state index in [1.54, 1.807) is 0 Å². The number of phenols is 2. The highest BCUT2D eigenvalue weighted by atomic mass is 19.1. The number of aromatic hydroxyl groups is 2. The summed E-state index contributed by atoms with van der Waals surface area (Å²) in [5.41, 5.74) is 0.189. The Morgan fingerprint density at radius 3 is 2.67 bits per heavy atom. The van der Waals surface area contributed by atoms with Crippen molar-refractivity contribution >= 4 is 0 Å². The van der Waals surface area contributed by atoms with Crippen molar-refractivity contribution in [1.82, 2.24) is 5.32 Å². The summed E-state index contributed by atoms with van der Waals surface area (Å²) < 4.78 is 12.9. The van der Waals surface area contributed by atoms with Gasteiger partial charge in [0.2, 0.25) is 0 Å². The van der Waals surface area contributed by atoms with Crippen LogP contribution in [-0.2, 0) is 5.54 Å². The molecule has 0 aromatic heterocycles. The molecule has 1 atom stereocenters. The second-order valence-electron chi connectivity index (χ2n) is 4.15. The minimum absolute atomic E-state index is 0.355. The molecule has 1 aliphatic rings. The lowest BCUT2D eigenvalue weighted by molar-refractivity contribution is 0.351. The van der Waals surface area contributed by atoms with E-state index in [2.05, 4.69) is 5.32 Å². The summed E-state index contributed by atoms with van der Waals surface area (Å²) in [5.74, 6) is -1.81. The van der Waals surface area contributed by atoms with E-state index in [0.717, 1.165) is 19.4 Å². The molecule has 1 aromatic rings. The standard InChI is InChI=1S/C11H14FNO2/c1-11(5-2-6-13-11)7-3-4-8(12)10(15)9(7)14/h3-4,13-15H,2,5-6H2,1H3. The summed E-state index contributed by atoms with van der Waals surface area (Å²) in [6, 6.07) is 2.69. The van der Waals surface area contributed by atoms with Crippen molar-refractivity contribution in [3.05, 3.63) is 23.5 Å². The normalized spacial score (nSPS) is 25.7. The van der Waals surface area contributed by atoms with Crippen molar-refractivity contribution < 1.29 is 14.6 Å². The van der Waals surface area contributed by atoms with Crippen LogP contribution in [0.2, 0.25) is 0 Å². The van der Waals surface area contributed by atoms with Gasteiger partial charge in [0.25, 0.3) is 0 Å². The number of benzene rings is 1. The lowest BCUT2D eigenvalue weighted by Gasteiger charge is -2.26. The van der Waals surface area contributed by atoms with Gasteiger partial charge in [0, 0.05) is 11.1 Å². The van der Waals surface area contributed by atoms with Crippen molar-refractivity contribution in [2.24, 2.45) is 0 Å². The first-order valence-electron chi connectivity index (χ1n) is 5.00. The van der Waals surface area contributed by atoms with Gasteiger partial charge in [0.15, 0.2) is 17.3 Å². The van der Waals surface area contributed by atoms with Crippen LogP contribution in [-0.4, -0.2) is 16.8 Å². The highest BCUT2D eigenvalue weighted by molar-refractivity contribution is 5.48. The van der Waals surface area contributed by atoms with Gasteiger partial charge in [0.05, 0.1) is 0 Å². The van der Waals surface area contributed by atoms with Crippen molar-refractivity contribution in [3.8, 4) is 11.5 Å². The van der Waals surface area contributed by atoms with Crippen LogP contribution in [0.25, 0.3) is 0 Å². The van der Waals surface area contributed by atoms with E-state index in [1.807, 2.05) is 6.92 Å². The molecular formula is C11H14FNO2. The molecule has 4 heteroatoms. The van der Waals surface area contributed by atoms with E-state index in [0.29, 0.717) is 5.56 Å². The average molecular weight is 211 g/mol. The second-order valence-corrected chi connectivity index (χ2v) is 4.15. The first-order chi connectivity index (χ1) is 7.04. The van der Waals surface area contributed by atoms with E-state index in [4.69, 9.17) is 0 Å². The van der Waals surface area contributed by atoms with Gasteiger partial charge in [-0.1, -0.05) is 6.07 Å². The topological polar surface area (TPSA) is 52.5 Å². The minimum atomic E-state index is -0.794. The molecule has 0 spiro atoms. The predicted octanol–water partition coefficient (Wildman–Crippen LogP) is 1.84. The first-order valence-corrected chi connectivity index (χ1v) is 5.00. The van der Waals surface area contributed by atoms with E-state index in [9.17, 15) is 14.6 Å². The zero-order chi connectivity index (χ0) is 11.1. The third-order valence-corrected chi connectivity index (χ3v) is 3.07. The number of halogens is 1. The van der Waals surface area contributed by atoms with Gasteiger partial charge in [-0.3, -0.25) is 0 Å². The van der Waals surface area contributed by atoms with Crippen LogP contribution in [0.1, 0.15) is 25.3 Å². The van der Waals surface area contributed by atoms with Crippen LogP contribution in [0, 0.1) is 5.82 Å². The van der Waals surface area contributed by atoms with Gasteiger partial charge in [0.1, 0.15) is 0 Å². The molecule has 15 heavy (non-hydrogen) atoms. The Hall–Kier alpha value is -1.29. The molecule has 82 valence electrons. The predicted molar refractivity (Wildman–Crippen MR) is 54.3 cm³/mol. The number of phenolic OH excluding ortho intramolecular Hbond substituents is 2. The number of hydrogen-bond donors (Lipinski definition) is 3. The van der Waals surface area contributed by atoms with Crippen LogP contribution >= 0.6 is 0 Å². The Kier molecular flexibility index (Phi) is 2.31. The van der Waals surface area contributed by atoms with Gasteiger partial charge < -0.3 is 15.5 Å². The molecule has 1 fully saturated rings. The fourth-order valence-corrected chi connectivity index (χ4v) is 2.12. The number of rotatable bonds is 1. The Morgan fingerprint density at radius 2 is 2.07 bits per heavy atom. The molecular weight excluding hydrogens is 197 g/mol. The average Bonchev–Trinajstić information content (AvgIpc) is 2.62. The molecule has 1 heterocycles. The zero-order valence-electron chi connectivity index (χ0n) is 8.55. The fourth-order valence-electron chi connectivity index (χ4n) is 2.12. The van der Waals surface area contributed by atoms with Gasteiger partial charge in [-0.15, -0.1) is 0 Å². The molecule has 0 radical (unpaired) electrons. The van der Waals surface area contributed by atoms with Crippen LogP contribution in [0.3, 0.4) is 0 Å². The summed E-state index contributed by atoms with van der Waals surface area (Å²) in [7, 11) is 0. The lowest BCUT2D eigenvalue weighted by atomic mass is 9.89. The van der Waals surface area contributed by atoms with Gasteiger partial charge >= 0.3 is 0 Å². The van der Waals surface area contributed by atoms with E-state index in [-0.39, 0.29) is 11.3 Å². The Balaban J connectivity index is 2.49. The molecule has 1 saturated heterocycles. The van der Waals surface area contributed by atoms with Crippen molar-refractivity contribution in [2.75, 3.05) is 6.54 Å². The molecule has 1 aliphatic heterocycles. The molecule has 1 unspecified atom stereocenters. The lowest BCUT2D eigenvalue weighted by Crippen LogP contribution is -2.33. The fraction of sp³-hybridized carbons (Fsp3) is 0.455. The van der Waals surface area contributed by atoms with E-state index >= 15 is 0 Å². The largest absolute Gasteiger partial charge is 0.504 e. The van der Waals surface area contributed by atoms with Gasteiger partial charge in [-0.2, -0.15) is 0 Å². The van der Waals surface area contributed by atoms with Crippen molar-refractivity contribution in [3.63, 3.8) is 0 Å². The molecule has 0 saturated carbocycles. The van der Waals surface area contributed by atoms with Gasteiger partial charge in [-0.05, 0) is 32.4 Å². The molecule has 3 nitrogen and oxygen atoms in total. The quantitative estimate of drug-likeness (QED) is 0.621. The van der Waals surface area contributed by atoms with Crippen LogP contribution in [0.15, 0.2) is 12.1 Å². The van der Waals surface area contributed by atoms with Gasteiger partial charge in [-0.25, -0.2) is 4.39 Å². The summed E-state index contributed by atoms with van der Waals surface area (Å²) in [5, 5.41) is 22.2. The third kappa shape index (κ3) is 1.55. The Morgan fingerprint density at radius 1 is 1.33 bits per heavy atom. The Labute approximate surface area is 87.6 Å². The van der Waals surface area contributed by atoms with Crippen molar-refractivity contribution in [1.29, 1.82) is 0 Å². The SMILES string of the molecule is CC1(c2ccc(F)c(O)c2O)CCCN1. The van der Waals surface area contributed by atoms with Crippen molar-refractivity contribution in [2.45, 2.75) is 25.3 Å². The molecule has 0 amide bonds. The molecule has 0 aliphatic carbocycles. The smallest absolute Gasteiger partial charge is 0.194 e. The minimum Gasteiger partial charge on any atom is -0.504 e. The monoisotopic (exact) mass is 211 g/mol. The van der Waals surface area contributed by atoms with Crippen LogP contribution < -0.4 is 5.32 Å². The second kappa shape index (κ2) is 3.38. The maximum absolute atomic E-state index is 12.9. The van der Waals surface area contributed by atoms with Crippen LogP contribution in [0.4, 0.5) is 4.39 Å². The zero-order valence-corrected chi connectivity index (χ0v) is 8.55. The number of nitrogens with one attached hydrogen (secondary N) is 1. The summed E-state index contributed by atoms with van der Waals surface area (Å²) in [6.45, 7) is 2.81. The summed E-state index contributed by atoms with van der Waals surface area (Å²) in [4.78, 5) is 0. The molecule has 2 rings (SSSR count). The van der Waals surface area contributed by atoms with E-state index < -0.39 is 11.6 Å². The summed E-state index contributed by atoms with van der Waals surface area (Å²) >= 11 is 0. The number of hydrogen-bond acceptors (Lipinski definition) is 3. The summed E-state index contributed by atoms with van der Waals surface area (Å²) in [6.07, 6.45) is 1.87. The first kappa shape index (κ1) is 10.2. The highest BCUT2D eigenvalue weighted by Crippen LogP contribution is 2.41. The highest BCUT2D eigenvalue weighted by Gasteiger charge is 2.33. The molecule has 0 bridgehead atoms. The maximum atomic E-state index is 12.9. The Bertz CT molecular complexity index is 386.